The molecular formula is C14H26N2O4. The summed E-state index contributed by atoms with van der Waals surface area (Å²) in [5.74, 6) is -0.215. The lowest BCUT2D eigenvalue weighted by atomic mass is 9.98. The van der Waals surface area contributed by atoms with Crippen molar-refractivity contribution in [2.24, 2.45) is 0 Å². The van der Waals surface area contributed by atoms with E-state index in [0.29, 0.717) is 19.3 Å². The average Bonchev–Trinajstić information content (AvgIpc) is 2.47. The molecule has 2 N–H and O–H groups in total. The fourth-order valence-electron chi connectivity index (χ4n) is 2.22. The van der Waals surface area contributed by atoms with Gasteiger partial charge < -0.3 is 20.1 Å². The third-order valence-electron chi connectivity index (χ3n) is 3.44. The first kappa shape index (κ1) is 16.8. The highest BCUT2D eigenvalue weighted by Gasteiger charge is 2.15. The summed E-state index contributed by atoms with van der Waals surface area (Å²) in [5.41, 5.74) is 0. The van der Waals surface area contributed by atoms with E-state index in [1.54, 1.807) is 6.92 Å². The smallest absolute Gasteiger partial charge is 0.407 e. The van der Waals surface area contributed by atoms with Crippen LogP contribution in [0.4, 0.5) is 4.79 Å². The first-order valence-corrected chi connectivity index (χ1v) is 7.37. The van der Waals surface area contributed by atoms with Crippen LogP contribution in [0.3, 0.4) is 0 Å². The van der Waals surface area contributed by atoms with Crippen LogP contribution >= 0.6 is 0 Å². The van der Waals surface area contributed by atoms with Gasteiger partial charge in [0.25, 0.3) is 0 Å². The maximum absolute atomic E-state index is 11.6. The Balaban J connectivity index is 2.02. The molecule has 0 aromatic rings. The number of alkyl carbamates (subject to hydrolysis) is 1. The van der Waals surface area contributed by atoms with Crippen molar-refractivity contribution in [3.8, 4) is 0 Å². The van der Waals surface area contributed by atoms with E-state index in [4.69, 9.17) is 4.74 Å². The van der Waals surface area contributed by atoms with Crippen molar-refractivity contribution in [3.05, 3.63) is 0 Å². The molecule has 0 spiro atoms. The average molecular weight is 286 g/mol. The highest BCUT2D eigenvalue weighted by molar-refractivity contribution is 5.85. The van der Waals surface area contributed by atoms with Crippen LogP contribution in [-0.2, 0) is 14.3 Å². The summed E-state index contributed by atoms with van der Waals surface area (Å²) in [5, 5.41) is 5.18. The lowest BCUT2D eigenvalue weighted by Gasteiger charge is -2.22. The molecule has 6 heteroatoms. The Bertz CT molecular complexity index is 304. The monoisotopic (exact) mass is 286 g/mol. The van der Waals surface area contributed by atoms with Crippen molar-refractivity contribution in [3.63, 3.8) is 0 Å². The van der Waals surface area contributed by atoms with Gasteiger partial charge in [0.15, 0.2) is 0 Å². The van der Waals surface area contributed by atoms with Gasteiger partial charge in [0.2, 0.25) is 5.91 Å². The number of hydrogen-bond acceptors (Lipinski definition) is 4. The van der Waals surface area contributed by atoms with Gasteiger partial charge in [0.1, 0.15) is 6.04 Å². The third kappa shape index (κ3) is 6.75. The molecule has 0 aromatic heterocycles. The SMILES string of the molecule is COC(=O)N[C@H](C)C(=O)NCCCOC1CCCCC1. The molecule has 1 atom stereocenters. The van der Waals surface area contributed by atoms with Gasteiger partial charge >= 0.3 is 6.09 Å². The predicted molar refractivity (Wildman–Crippen MR) is 75.5 cm³/mol. The summed E-state index contributed by atoms with van der Waals surface area (Å²) in [6.07, 6.45) is 6.75. The van der Waals surface area contributed by atoms with Crippen LogP contribution in [0.5, 0.6) is 0 Å². The molecule has 0 aliphatic heterocycles. The molecule has 1 aliphatic carbocycles. The quantitative estimate of drug-likeness (QED) is 0.697. The molecule has 2 amide bonds. The summed E-state index contributed by atoms with van der Waals surface area (Å²) < 4.78 is 10.2. The van der Waals surface area contributed by atoms with Gasteiger partial charge in [-0.15, -0.1) is 0 Å². The number of carbonyl (C=O) groups is 2. The summed E-state index contributed by atoms with van der Waals surface area (Å²) in [7, 11) is 1.27. The number of methoxy groups -OCH3 is 1. The Labute approximate surface area is 120 Å². The summed E-state index contributed by atoms with van der Waals surface area (Å²) in [6.45, 7) is 2.84. The number of rotatable bonds is 7. The first-order valence-electron chi connectivity index (χ1n) is 7.37. The molecule has 1 fully saturated rings. The summed E-state index contributed by atoms with van der Waals surface area (Å²) in [4.78, 5) is 22.6. The highest BCUT2D eigenvalue weighted by Crippen LogP contribution is 2.20. The Hall–Kier alpha value is -1.30. The molecule has 0 aromatic carbocycles. The van der Waals surface area contributed by atoms with Crippen molar-refractivity contribution in [2.45, 2.75) is 57.6 Å². The maximum atomic E-state index is 11.6. The number of hydrogen-bond donors (Lipinski definition) is 2. The van der Waals surface area contributed by atoms with Crippen LogP contribution in [0.25, 0.3) is 0 Å². The van der Waals surface area contributed by atoms with Gasteiger partial charge in [0.05, 0.1) is 13.2 Å². The minimum absolute atomic E-state index is 0.215. The van der Waals surface area contributed by atoms with Crippen molar-refractivity contribution in [1.29, 1.82) is 0 Å². The molecule has 0 bridgehead atoms. The number of carbonyl (C=O) groups excluding carboxylic acids is 2. The van der Waals surface area contributed by atoms with Gasteiger partial charge in [0, 0.05) is 13.2 Å². The fraction of sp³-hybridized carbons (Fsp3) is 0.857. The molecule has 0 unspecified atom stereocenters. The van der Waals surface area contributed by atoms with Crippen LogP contribution in [-0.4, -0.2) is 44.4 Å². The molecular weight excluding hydrogens is 260 g/mol. The minimum atomic E-state index is -0.603. The highest BCUT2D eigenvalue weighted by atomic mass is 16.5. The van der Waals surface area contributed by atoms with E-state index in [0.717, 1.165) is 19.3 Å². The zero-order chi connectivity index (χ0) is 14.8. The van der Waals surface area contributed by atoms with E-state index in [9.17, 15) is 9.59 Å². The normalized spacial score (nSPS) is 17.3. The second kappa shape index (κ2) is 9.58. The second-order valence-electron chi connectivity index (χ2n) is 5.13. The molecule has 1 aliphatic rings. The fourth-order valence-corrected chi connectivity index (χ4v) is 2.22. The number of nitrogens with one attached hydrogen (secondary N) is 2. The molecule has 1 rings (SSSR count). The standard InChI is InChI=1S/C14H26N2O4/c1-11(16-14(18)19-2)13(17)15-9-6-10-20-12-7-4-3-5-8-12/h11-12H,3-10H2,1-2H3,(H,15,17)(H,16,18)/t11-/m1/s1. The van der Waals surface area contributed by atoms with E-state index in [-0.39, 0.29) is 5.91 Å². The summed E-state index contributed by atoms with van der Waals surface area (Å²) in [6, 6.07) is -0.596. The Morgan fingerprint density at radius 3 is 2.60 bits per heavy atom. The van der Waals surface area contributed by atoms with Crippen molar-refractivity contribution >= 4 is 12.0 Å². The van der Waals surface area contributed by atoms with Crippen LogP contribution in [0.2, 0.25) is 0 Å². The first-order chi connectivity index (χ1) is 9.63. The Morgan fingerprint density at radius 1 is 1.25 bits per heavy atom. The second-order valence-corrected chi connectivity index (χ2v) is 5.13. The molecule has 6 nitrogen and oxygen atoms in total. The lowest BCUT2D eigenvalue weighted by molar-refractivity contribution is -0.122. The third-order valence-corrected chi connectivity index (χ3v) is 3.44. The van der Waals surface area contributed by atoms with Crippen LogP contribution in [0.1, 0.15) is 45.4 Å². The lowest BCUT2D eigenvalue weighted by Crippen LogP contribution is -2.45. The predicted octanol–water partition coefficient (Wildman–Crippen LogP) is 1.59. The minimum Gasteiger partial charge on any atom is -0.453 e. The van der Waals surface area contributed by atoms with Crippen molar-refractivity contribution in [1.82, 2.24) is 10.6 Å². The molecule has 0 radical (unpaired) electrons. The van der Waals surface area contributed by atoms with E-state index in [1.807, 2.05) is 0 Å². The van der Waals surface area contributed by atoms with E-state index in [1.165, 1.54) is 26.4 Å². The van der Waals surface area contributed by atoms with Gasteiger partial charge in [-0.05, 0) is 26.2 Å². The van der Waals surface area contributed by atoms with Gasteiger partial charge in [-0.25, -0.2) is 4.79 Å². The van der Waals surface area contributed by atoms with E-state index >= 15 is 0 Å². The molecule has 20 heavy (non-hydrogen) atoms. The topological polar surface area (TPSA) is 76.7 Å². The zero-order valence-electron chi connectivity index (χ0n) is 12.4. The van der Waals surface area contributed by atoms with Crippen LogP contribution < -0.4 is 10.6 Å². The van der Waals surface area contributed by atoms with Gasteiger partial charge in [-0.2, -0.15) is 0 Å². The van der Waals surface area contributed by atoms with E-state index in [2.05, 4.69) is 15.4 Å². The van der Waals surface area contributed by atoms with Crippen LogP contribution in [0, 0.1) is 0 Å². The molecule has 116 valence electrons. The molecule has 1 saturated carbocycles. The molecule has 0 saturated heterocycles. The van der Waals surface area contributed by atoms with Gasteiger partial charge in [-0.1, -0.05) is 19.3 Å². The van der Waals surface area contributed by atoms with Crippen LogP contribution in [0.15, 0.2) is 0 Å². The van der Waals surface area contributed by atoms with Crippen molar-refractivity contribution < 1.29 is 19.1 Å². The Kier molecular flexibility index (Phi) is 8.02. The zero-order valence-corrected chi connectivity index (χ0v) is 12.4. The number of ether oxygens (including phenoxy) is 2. The van der Waals surface area contributed by atoms with Gasteiger partial charge in [-0.3, -0.25) is 4.79 Å². The number of amides is 2. The molecule has 0 heterocycles. The maximum Gasteiger partial charge on any atom is 0.407 e. The summed E-state index contributed by atoms with van der Waals surface area (Å²) >= 11 is 0. The largest absolute Gasteiger partial charge is 0.453 e. The Morgan fingerprint density at radius 2 is 1.95 bits per heavy atom. The van der Waals surface area contributed by atoms with E-state index < -0.39 is 12.1 Å². The van der Waals surface area contributed by atoms with Crippen molar-refractivity contribution in [2.75, 3.05) is 20.3 Å².